The van der Waals surface area contributed by atoms with Crippen LogP contribution in [0.3, 0.4) is 0 Å². The fraction of sp³-hybridized carbons (Fsp3) is 1.00. The van der Waals surface area contributed by atoms with Crippen LogP contribution in [0.5, 0.6) is 0 Å². The maximum absolute atomic E-state index is 2.93. The lowest BCUT2D eigenvalue weighted by atomic mass is 10.5. The van der Waals surface area contributed by atoms with Crippen LogP contribution < -0.4 is 5.09 Å². The first-order chi connectivity index (χ1) is 2.41. The standard InChI is InChI=1S/C3H10NP/c1-2-3-4-5/h4H,2-3,5H2,1H3. The fourth-order valence-corrected chi connectivity index (χ4v) is 0.433. The van der Waals surface area contributed by atoms with E-state index < -0.39 is 0 Å². The number of nitrogens with one attached hydrogen (secondary N) is 1. The summed E-state index contributed by atoms with van der Waals surface area (Å²) in [4.78, 5) is 0. The summed E-state index contributed by atoms with van der Waals surface area (Å²) in [6, 6.07) is 0. The maximum atomic E-state index is 2.93. The lowest BCUT2D eigenvalue weighted by Crippen LogP contribution is -1.95. The highest BCUT2D eigenvalue weighted by Crippen LogP contribution is 1.71. The van der Waals surface area contributed by atoms with Crippen LogP contribution in [0.2, 0.25) is 0 Å². The van der Waals surface area contributed by atoms with E-state index in [2.05, 4.69) is 21.4 Å². The molecule has 0 aromatic rings. The van der Waals surface area contributed by atoms with Crippen LogP contribution in [0.25, 0.3) is 0 Å². The summed E-state index contributed by atoms with van der Waals surface area (Å²) >= 11 is 0. The van der Waals surface area contributed by atoms with Gasteiger partial charge in [-0.15, -0.1) is 0 Å². The first-order valence-corrected chi connectivity index (χ1v) is 2.43. The fourth-order valence-electron chi connectivity index (χ4n) is 0.144. The van der Waals surface area contributed by atoms with Crippen LogP contribution in [0, 0.1) is 0 Å². The van der Waals surface area contributed by atoms with Crippen LogP contribution >= 0.6 is 9.39 Å². The molecule has 0 aliphatic heterocycles. The zero-order valence-electron chi connectivity index (χ0n) is 3.49. The summed E-state index contributed by atoms with van der Waals surface area (Å²) in [6.07, 6.45) is 1.21. The third kappa shape index (κ3) is 4.39. The van der Waals surface area contributed by atoms with Crippen molar-refractivity contribution in [3.05, 3.63) is 0 Å². The lowest BCUT2D eigenvalue weighted by molar-refractivity contribution is 0.878. The summed E-state index contributed by atoms with van der Waals surface area (Å²) < 4.78 is 0. The minimum atomic E-state index is 1.10. The van der Waals surface area contributed by atoms with Crippen LogP contribution in [-0.2, 0) is 0 Å². The van der Waals surface area contributed by atoms with Gasteiger partial charge in [-0.1, -0.05) is 16.3 Å². The molecule has 32 valence electrons. The second kappa shape index (κ2) is 4.39. The maximum Gasteiger partial charge on any atom is -0.00171 e. The average molecular weight is 91.1 g/mol. The molecule has 5 heavy (non-hydrogen) atoms. The number of rotatable bonds is 2. The van der Waals surface area contributed by atoms with Gasteiger partial charge in [-0.3, -0.25) is 0 Å². The van der Waals surface area contributed by atoms with Crippen molar-refractivity contribution >= 4 is 9.39 Å². The van der Waals surface area contributed by atoms with E-state index in [-0.39, 0.29) is 0 Å². The molecule has 0 saturated heterocycles. The van der Waals surface area contributed by atoms with Crippen LogP contribution in [0.1, 0.15) is 13.3 Å². The topological polar surface area (TPSA) is 12.0 Å². The molecule has 0 saturated carbocycles. The van der Waals surface area contributed by atoms with Gasteiger partial charge >= 0.3 is 0 Å². The Morgan fingerprint density at radius 3 is 2.40 bits per heavy atom. The molecule has 1 atom stereocenters. The Bertz CT molecular complexity index is 14.4. The van der Waals surface area contributed by atoms with Gasteiger partial charge in [0.05, 0.1) is 0 Å². The molecule has 0 aromatic heterocycles. The molecule has 0 aliphatic carbocycles. The van der Waals surface area contributed by atoms with Crippen molar-refractivity contribution in [1.82, 2.24) is 5.09 Å². The summed E-state index contributed by atoms with van der Waals surface area (Å²) in [5.74, 6) is 0. The molecule has 2 heteroatoms. The molecule has 0 radical (unpaired) electrons. The van der Waals surface area contributed by atoms with Gasteiger partial charge < -0.3 is 5.09 Å². The minimum Gasteiger partial charge on any atom is -0.301 e. The Balaban J connectivity index is 2.19. The highest BCUT2D eigenvalue weighted by molar-refractivity contribution is 7.13. The van der Waals surface area contributed by atoms with Crippen molar-refractivity contribution < 1.29 is 0 Å². The van der Waals surface area contributed by atoms with E-state index in [1.165, 1.54) is 6.42 Å². The predicted molar refractivity (Wildman–Crippen MR) is 28.0 cm³/mol. The van der Waals surface area contributed by atoms with Crippen molar-refractivity contribution in [3.8, 4) is 0 Å². The molecular weight excluding hydrogens is 81.0 g/mol. The second-order valence-electron chi connectivity index (χ2n) is 0.954. The Kier molecular flexibility index (Phi) is 4.73. The van der Waals surface area contributed by atoms with E-state index in [0.717, 1.165) is 6.54 Å². The first kappa shape index (κ1) is 5.39. The summed E-state index contributed by atoms with van der Waals surface area (Å²) in [5, 5.41) is 2.93. The van der Waals surface area contributed by atoms with Crippen LogP contribution in [0.4, 0.5) is 0 Å². The summed E-state index contributed by atoms with van der Waals surface area (Å²) in [5.41, 5.74) is 0. The molecule has 0 fully saturated rings. The Hall–Kier alpha value is 0.390. The third-order valence-electron chi connectivity index (χ3n) is 0.394. The van der Waals surface area contributed by atoms with Crippen molar-refractivity contribution in [3.63, 3.8) is 0 Å². The number of hydrogen-bond donors (Lipinski definition) is 1. The van der Waals surface area contributed by atoms with Crippen LogP contribution in [0.15, 0.2) is 0 Å². The Labute approximate surface area is 35.4 Å². The van der Waals surface area contributed by atoms with Crippen molar-refractivity contribution in [2.24, 2.45) is 0 Å². The molecule has 1 nitrogen and oxygen atoms in total. The smallest absolute Gasteiger partial charge is 0.00171 e. The lowest BCUT2D eigenvalue weighted by Gasteiger charge is -1.84. The molecule has 0 rings (SSSR count). The summed E-state index contributed by atoms with van der Waals surface area (Å²) in [7, 11) is 2.45. The number of hydrogen-bond acceptors (Lipinski definition) is 1. The second-order valence-corrected chi connectivity index (χ2v) is 1.36. The van der Waals surface area contributed by atoms with Crippen molar-refractivity contribution in [2.75, 3.05) is 6.54 Å². The molecule has 0 amide bonds. The molecule has 0 aliphatic rings. The molecule has 0 aromatic carbocycles. The predicted octanol–water partition coefficient (Wildman–Crippen LogP) is 0.776. The van der Waals surface area contributed by atoms with Gasteiger partial charge in [-0.05, 0) is 13.0 Å². The van der Waals surface area contributed by atoms with E-state index >= 15 is 0 Å². The van der Waals surface area contributed by atoms with Gasteiger partial charge in [-0.25, -0.2) is 0 Å². The van der Waals surface area contributed by atoms with Gasteiger partial charge in [0.1, 0.15) is 0 Å². The largest absolute Gasteiger partial charge is 0.301 e. The minimum absolute atomic E-state index is 1.10. The summed E-state index contributed by atoms with van der Waals surface area (Å²) in [6.45, 7) is 3.24. The van der Waals surface area contributed by atoms with Crippen molar-refractivity contribution in [2.45, 2.75) is 13.3 Å². The molecule has 1 N–H and O–H groups in total. The van der Waals surface area contributed by atoms with Gasteiger partial charge in [-0.2, -0.15) is 0 Å². The van der Waals surface area contributed by atoms with Gasteiger partial charge in [0.15, 0.2) is 0 Å². The third-order valence-corrected chi connectivity index (χ3v) is 0.683. The molecular formula is C3H10NP. The van der Waals surface area contributed by atoms with E-state index in [1.54, 1.807) is 0 Å². The average Bonchev–Trinajstić information content (AvgIpc) is 1.41. The van der Waals surface area contributed by atoms with Gasteiger partial charge in [0.2, 0.25) is 0 Å². The zero-order chi connectivity index (χ0) is 4.12. The SMILES string of the molecule is CCCNP. The quantitative estimate of drug-likeness (QED) is 0.495. The van der Waals surface area contributed by atoms with Gasteiger partial charge in [0.25, 0.3) is 0 Å². The molecule has 0 heterocycles. The van der Waals surface area contributed by atoms with E-state index in [0.29, 0.717) is 0 Å². The molecule has 1 unspecified atom stereocenters. The molecule has 0 spiro atoms. The Morgan fingerprint density at radius 1 is 1.80 bits per heavy atom. The monoisotopic (exact) mass is 91.1 g/mol. The normalized spacial score (nSPS) is 8.40. The van der Waals surface area contributed by atoms with E-state index in [1.807, 2.05) is 0 Å². The van der Waals surface area contributed by atoms with Gasteiger partial charge in [0, 0.05) is 0 Å². The van der Waals surface area contributed by atoms with E-state index in [9.17, 15) is 0 Å². The highest BCUT2D eigenvalue weighted by atomic mass is 31.0. The molecule has 0 bridgehead atoms. The van der Waals surface area contributed by atoms with E-state index in [4.69, 9.17) is 0 Å². The first-order valence-electron chi connectivity index (χ1n) is 1.85. The zero-order valence-corrected chi connectivity index (χ0v) is 4.65. The van der Waals surface area contributed by atoms with Crippen molar-refractivity contribution in [1.29, 1.82) is 0 Å². The Morgan fingerprint density at radius 2 is 2.40 bits per heavy atom. The van der Waals surface area contributed by atoms with Crippen LogP contribution in [-0.4, -0.2) is 6.54 Å². The highest BCUT2D eigenvalue weighted by Gasteiger charge is 1.64.